The first-order valence-electron chi connectivity index (χ1n) is 7.95. The van der Waals surface area contributed by atoms with Gasteiger partial charge in [-0.2, -0.15) is 5.10 Å². The summed E-state index contributed by atoms with van der Waals surface area (Å²) >= 11 is 0. The Morgan fingerprint density at radius 2 is 1.48 bits per heavy atom. The van der Waals surface area contributed by atoms with E-state index in [0.717, 1.165) is 22.0 Å². The molecule has 122 valence electrons. The summed E-state index contributed by atoms with van der Waals surface area (Å²) in [7, 11) is 0. The molecule has 0 atom stereocenters. The first-order valence-corrected chi connectivity index (χ1v) is 7.95. The molecule has 0 radical (unpaired) electrons. The summed E-state index contributed by atoms with van der Waals surface area (Å²) in [6.45, 7) is 0. The lowest BCUT2D eigenvalue weighted by atomic mass is 9.99. The minimum absolute atomic E-state index is 0.0722. The first-order chi connectivity index (χ1) is 12.2. The van der Waals surface area contributed by atoms with Crippen molar-refractivity contribution < 1.29 is 4.92 Å². The van der Waals surface area contributed by atoms with Gasteiger partial charge in [0.05, 0.1) is 10.4 Å². The topological polar surface area (TPSA) is 61.0 Å². The largest absolute Gasteiger partial charge is 0.270 e. The zero-order chi connectivity index (χ0) is 17.2. The molecule has 1 heterocycles. The Morgan fingerprint density at radius 3 is 2.04 bits per heavy atom. The molecule has 0 aliphatic carbocycles. The van der Waals surface area contributed by atoms with Crippen LogP contribution < -0.4 is 0 Å². The van der Waals surface area contributed by atoms with E-state index in [9.17, 15) is 10.1 Å². The third kappa shape index (κ3) is 2.87. The van der Waals surface area contributed by atoms with Gasteiger partial charge in [0.25, 0.3) is 5.69 Å². The second kappa shape index (κ2) is 6.20. The van der Waals surface area contributed by atoms with Gasteiger partial charge in [-0.3, -0.25) is 14.8 Å². The summed E-state index contributed by atoms with van der Waals surface area (Å²) in [5, 5.41) is 16.4. The number of aromatic nitrogens is 2. The Hall–Kier alpha value is -3.47. The van der Waals surface area contributed by atoms with Crippen molar-refractivity contribution in [2.24, 2.45) is 0 Å². The highest BCUT2D eigenvalue weighted by Crippen LogP contribution is 2.28. The SMILES string of the molecule is O=[N+]([O-])c1ccc2nn(C(c3ccccc3)c3ccccc3)cc2c1. The molecule has 4 rings (SSSR count). The predicted octanol–water partition coefficient (Wildman–Crippen LogP) is 4.58. The number of nitrogens with zero attached hydrogens (tertiary/aromatic N) is 3. The van der Waals surface area contributed by atoms with Crippen LogP contribution in [0, 0.1) is 10.1 Å². The molecular weight excluding hydrogens is 314 g/mol. The van der Waals surface area contributed by atoms with Gasteiger partial charge in [0.1, 0.15) is 6.04 Å². The molecule has 0 aliphatic heterocycles. The van der Waals surface area contributed by atoms with E-state index in [2.05, 4.69) is 29.4 Å². The lowest BCUT2D eigenvalue weighted by molar-refractivity contribution is -0.384. The van der Waals surface area contributed by atoms with Crippen LogP contribution >= 0.6 is 0 Å². The Morgan fingerprint density at radius 1 is 0.880 bits per heavy atom. The number of nitro benzene ring substituents is 1. The van der Waals surface area contributed by atoms with Crippen molar-refractivity contribution in [2.75, 3.05) is 0 Å². The molecule has 0 amide bonds. The highest BCUT2D eigenvalue weighted by atomic mass is 16.6. The van der Waals surface area contributed by atoms with Crippen molar-refractivity contribution in [3.05, 3.63) is 106 Å². The van der Waals surface area contributed by atoms with E-state index >= 15 is 0 Å². The average Bonchev–Trinajstić information content (AvgIpc) is 3.06. The van der Waals surface area contributed by atoms with Crippen LogP contribution in [0.15, 0.2) is 85.1 Å². The molecular formula is C20H15N3O2. The fraction of sp³-hybridized carbons (Fsp3) is 0.0500. The molecule has 0 aliphatic rings. The van der Waals surface area contributed by atoms with Crippen LogP contribution in [-0.2, 0) is 0 Å². The van der Waals surface area contributed by atoms with E-state index in [1.54, 1.807) is 12.1 Å². The van der Waals surface area contributed by atoms with Gasteiger partial charge in [-0.15, -0.1) is 0 Å². The predicted molar refractivity (Wildman–Crippen MR) is 96.5 cm³/mol. The summed E-state index contributed by atoms with van der Waals surface area (Å²) in [4.78, 5) is 10.6. The molecule has 0 N–H and O–H groups in total. The maximum atomic E-state index is 11.0. The molecule has 5 heteroatoms. The van der Waals surface area contributed by atoms with Gasteiger partial charge in [-0.1, -0.05) is 60.7 Å². The Balaban J connectivity index is 1.87. The molecule has 0 saturated heterocycles. The van der Waals surface area contributed by atoms with Crippen LogP contribution in [0.1, 0.15) is 17.2 Å². The maximum Gasteiger partial charge on any atom is 0.270 e. The molecule has 1 aromatic heterocycles. The van der Waals surface area contributed by atoms with Gasteiger partial charge >= 0.3 is 0 Å². The summed E-state index contributed by atoms with van der Waals surface area (Å²) in [5.41, 5.74) is 3.03. The van der Waals surface area contributed by atoms with Crippen molar-refractivity contribution in [2.45, 2.75) is 6.04 Å². The zero-order valence-electron chi connectivity index (χ0n) is 13.3. The number of fused-ring (bicyclic) bond motifs is 1. The molecule has 25 heavy (non-hydrogen) atoms. The average molecular weight is 329 g/mol. The van der Waals surface area contributed by atoms with E-state index < -0.39 is 0 Å². The van der Waals surface area contributed by atoms with Crippen molar-refractivity contribution in [3.8, 4) is 0 Å². The zero-order valence-corrected chi connectivity index (χ0v) is 13.3. The Bertz CT molecular complexity index is 987. The van der Waals surface area contributed by atoms with Crippen LogP contribution in [0.3, 0.4) is 0 Å². The van der Waals surface area contributed by atoms with Gasteiger partial charge in [0.2, 0.25) is 0 Å². The number of hydrogen-bond acceptors (Lipinski definition) is 3. The van der Waals surface area contributed by atoms with Gasteiger partial charge < -0.3 is 0 Å². The molecule has 4 aromatic rings. The standard InChI is InChI=1S/C20H15N3O2/c24-23(25)18-11-12-19-17(13-18)14-22(21-19)20(15-7-3-1-4-8-15)16-9-5-2-6-10-16/h1-14,20H. The van der Waals surface area contributed by atoms with Crippen molar-refractivity contribution in [1.29, 1.82) is 0 Å². The van der Waals surface area contributed by atoms with Crippen LogP contribution in [0.5, 0.6) is 0 Å². The number of benzene rings is 3. The molecule has 0 bridgehead atoms. The summed E-state index contributed by atoms with van der Waals surface area (Å²) in [5.74, 6) is 0. The van der Waals surface area contributed by atoms with Gasteiger partial charge in [-0.05, 0) is 17.2 Å². The lowest BCUT2D eigenvalue weighted by Crippen LogP contribution is -2.12. The minimum atomic E-state index is -0.386. The van der Waals surface area contributed by atoms with E-state index in [-0.39, 0.29) is 16.7 Å². The summed E-state index contributed by atoms with van der Waals surface area (Å²) in [6, 6.07) is 24.9. The van der Waals surface area contributed by atoms with Gasteiger partial charge in [-0.25, -0.2) is 0 Å². The lowest BCUT2D eigenvalue weighted by Gasteiger charge is -2.18. The van der Waals surface area contributed by atoms with Gasteiger partial charge in [0.15, 0.2) is 0 Å². The van der Waals surface area contributed by atoms with Crippen LogP contribution in [0.25, 0.3) is 10.9 Å². The van der Waals surface area contributed by atoms with E-state index in [0.29, 0.717) is 0 Å². The van der Waals surface area contributed by atoms with Crippen LogP contribution in [0.2, 0.25) is 0 Å². The van der Waals surface area contributed by atoms with Crippen LogP contribution in [0.4, 0.5) is 5.69 Å². The fourth-order valence-electron chi connectivity index (χ4n) is 3.05. The summed E-state index contributed by atoms with van der Waals surface area (Å²) < 4.78 is 1.87. The Kier molecular flexibility index (Phi) is 3.74. The molecule has 0 fully saturated rings. The molecule has 3 aromatic carbocycles. The van der Waals surface area contributed by atoms with Crippen LogP contribution in [-0.4, -0.2) is 14.7 Å². The van der Waals surface area contributed by atoms with Crippen molar-refractivity contribution in [1.82, 2.24) is 9.78 Å². The molecule has 0 spiro atoms. The fourth-order valence-corrected chi connectivity index (χ4v) is 3.05. The van der Waals surface area contributed by atoms with Crippen molar-refractivity contribution >= 4 is 16.6 Å². The molecule has 5 nitrogen and oxygen atoms in total. The van der Waals surface area contributed by atoms with Crippen molar-refractivity contribution in [3.63, 3.8) is 0 Å². The maximum absolute atomic E-state index is 11.0. The second-order valence-corrected chi connectivity index (χ2v) is 5.83. The number of non-ortho nitro benzene ring substituents is 1. The third-order valence-corrected chi connectivity index (χ3v) is 4.21. The summed E-state index contributed by atoms with van der Waals surface area (Å²) in [6.07, 6.45) is 1.87. The van der Waals surface area contributed by atoms with E-state index in [1.165, 1.54) is 6.07 Å². The minimum Gasteiger partial charge on any atom is -0.260 e. The number of nitro groups is 1. The number of hydrogen-bond donors (Lipinski definition) is 0. The second-order valence-electron chi connectivity index (χ2n) is 5.83. The quantitative estimate of drug-likeness (QED) is 0.406. The van der Waals surface area contributed by atoms with E-state index in [1.807, 2.05) is 47.3 Å². The van der Waals surface area contributed by atoms with Gasteiger partial charge in [0, 0.05) is 23.7 Å². The monoisotopic (exact) mass is 329 g/mol. The van der Waals surface area contributed by atoms with E-state index in [4.69, 9.17) is 0 Å². The number of rotatable bonds is 4. The first kappa shape index (κ1) is 15.1. The third-order valence-electron chi connectivity index (χ3n) is 4.21. The smallest absolute Gasteiger partial charge is 0.260 e. The Labute approximate surface area is 144 Å². The highest BCUT2D eigenvalue weighted by molar-refractivity contribution is 5.80. The normalized spacial score (nSPS) is 11.1. The highest BCUT2D eigenvalue weighted by Gasteiger charge is 2.18. The molecule has 0 saturated carbocycles. The molecule has 0 unspecified atom stereocenters.